The molecule has 2 rings (SSSR count). The van der Waals surface area contributed by atoms with E-state index in [9.17, 15) is 4.79 Å². The number of carbonyl (C=O) groups is 1. The van der Waals surface area contributed by atoms with Crippen molar-refractivity contribution in [2.45, 2.75) is 32.4 Å². The fourth-order valence-electron chi connectivity index (χ4n) is 2.44. The highest BCUT2D eigenvalue weighted by atomic mass is 35.5. The van der Waals surface area contributed by atoms with E-state index in [4.69, 9.17) is 16.3 Å². The number of ether oxygens (including phenoxy) is 1. The van der Waals surface area contributed by atoms with Crippen molar-refractivity contribution < 1.29 is 9.53 Å². The molecule has 1 N–H and O–H groups in total. The average Bonchev–Trinajstić information content (AvgIpc) is 3.29. The lowest BCUT2D eigenvalue weighted by Gasteiger charge is -2.23. The van der Waals surface area contributed by atoms with Gasteiger partial charge < -0.3 is 10.1 Å². The molecule has 1 aliphatic rings. The number of benzene rings is 1. The van der Waals surface area contributed by atoms with Gasteiger partial charge in [0.2, 0.25) is 5.91 Å². The van der Waals surface area contributed by atoms with Crippen LogP contribution in [0.15, 0.2) is 18.2 Å². The summed E-state index contributed by atoms with van der Waals surface area (Å²) in [5.41, 5.74) is 0.885. The molecule has 1 fully saturated rings. The molecule has 1 saturated carbocycles. The van der Waals surface area contributed by atoms with E-state index < -0.39 is 0 Å². The van der Waals surface area contributed by atoms with Crippen molar-refractivity contribution >= 4 is 17.5 Å². The summed E-state index contributed by atoms with van der Waals surface area (Å²) in [7, 11) is 3.61. The lowest BCUT2D eigenvalue weighted by atomic mass is 10.2. The molecular formula is C16H23ClN2O2. The molecule has 1 atom stereocenters. The molecule has 0 aliphatic heterocycles. The Bertz CT molecular complexity index is 503. The molecule has 1 unspecified atom stereocenters. The van der Waals surface area contributed by atoms with Crippen LogP contribution in [0.2, 0.25) is 5.02 Å². The van der Waals surface area contributed by atoms with Gasteiger partial charge in [0, 0.05) is 23.2 Å². The van der Waals surface area contributed by atoms with Crippen LogP contribution in [0.1, 0.15) is 25.3 Å². The van der Waals surface area contributed by atoms with E-state index in [0.29, 0.717) is 24.2 Å². The lowest BCUT2D eigenvalue weighted by molar-refractivity contribution is -0.122. The fourth-order valence-corrected chi connectivity index (χ4v) is 2.64. The summed E-state index contributed by atoms with van der Waals surface area (Å²) in [4.78, 5) is 14.1. The highest BCUT2D eigenvalue weighted by molar-refractivity contribution is 6.30. The van der Waals surface area contributed by atoms with Crippen LogP contribution in [-0.4, -0.2) is 37.6 Å². The first-order valence-corrected chi connectivity index (χ1v) is 7.68. The van der Waals surface area contributed by atoms with Gasteiger partial charge in [-0.15, -0.1) is 0 Å². The molecule has 1 aromatic rings. The second-order valence-electron chi connectivity index (χ2n) is 5.73. The maximum absolute atomic E-state index is 12.0. The van der Waals surface area contributed by atoms with Gasteiger partial charge in [0.05, 0.1) is 13.7 Å². The number of likely N-dealkylation sites (N-methyl/N-ethyl adjacent to an activating group) is 1. The van der Waals surface area contributed by atoms with Crippen molar-refractivity contribution in [2.24, 2.45) is 5.92 Å². The topological polar surface area (TPSA) is 41.6 Å². The van der Waals surface area contributed by atoms with Crippen LogP contribution in [-0.2, 0) is 11.3 Å². The Morgan fingerprint density at radius 3 is 2.86 bits per heavy atom. The molecular weight excluding hydrogens is 288 g/mol. The lowest BCUT2D eigenvalue weighted by Crippen LogP contribution is -2.40. The molecule has 21 heavy (non-hydrogen) atoms. The molecule has 0 heterocycles. The monoisotopic (exact) mass is 310 g/mol. The molecule has 0 radical (unpaired) electrons. The van der Waals surface area contributed by atoms with Crippen LogP contribution >= 0.6 is 11.6 Å². The van der Waals surface area contributed by atoms with Gasteiger partial charge in [0.25, 0.3) is 0 Å². The zero-order valence-electron chi connectivity index (χ0n) is 12.9. The van der Waals surface area contributed by atoms with Gasteiger partial charge in [-0.05, 0) is 50.9 Å². The van der Waals surface area contributed by atoms with Crippen LogP contribution in [0.25, 0.3) is 0 Å². The standard InChI is InChI=1S/C16H23ClN2O2/c1-11(12-4-5-12)19(2)10-16(20)18-9-13-8-14(17)6-7-15(13)21-3/h6-8,11-12H,4-5,9-10H2,1-3H3,(H,18,20). The number of amides is 1. The first-order chi connectivity index (χ1) is 10.0. The molecule has 1 aliphatic carbocycles. The van der Waals surface area contributed by atoms with Crippen LogP contribution in [0.5, 0.6) is 5.75 Å². The Morgan fingerprint density at radius 1 is 1.52 bits per heavy atom. The minimum Gasteiger partial charge on any atom is -0.496 e. The maximum Gasteiger partial charge on any atom is 0.234 e. The van der Waals surface area contributed by atoms with E-state index in [0.717, 1.165) is 17.2 Å². The summed E-state index contributed by atoms with van der Waals surface area (Å²) in [5.74, 6) is 1.52. The number of carbonyl (C=O) groups excluding carboxylic acids is 1. The SMILES string of the molecule is COc1ccc(Cl)cc1CNC(=O)CN(C)C(C)C1CC1. The normalized spacial score (nSPS) is 15.9. The van der Waals surface area contributed by atoms with Gasteiger partial charge in [0.15, 0.2) is 0 Å². The molecule has 0 aromatic heterocycles. The third-order valence-electron chi connectivity index (χ3n) is 4.11. The van der Waals surface area contributed by atoms with Crippen molar-refractivity contribution in [1.82, 2.24) is 10.2 Å². The van der Waals surface area contributed by atoms with E-state index in [1.54, 1.807) is 13.2 Å². The molecule has 0 saturated heterocycles. The predicted octanol–water partition coefficient (Wildman–Crippen LogP) is 2.70. The van der Waals surface area contributed by atoms with E-state index >= 15 is 0 Å². The third kappa shape index (κ3) is 4.61. The Hall–Kier alpha value is -1.26. The van der Waals surface area contributed by atoms with Crippen molar-refractivity contribution in [3.8, 4) is 5.75 Å². The van der Waals surface area contributed by atoms with Crippen molar-refractivity contribution in [3.05, 3.63) is 28.8 Å². The number of nitrogens with one attached hydrogen (secondary N) is 1. The third-order valence-corrected chi connectivity index (χ3v) is 4.35. The van der Waals surface area contributed by atoms with Crippen LogP contribution in [0, 0.1) is 5.92 Å². The molecule has 0 spiro atoms. The van der Waals surface area contributed by atoms with Gasteiger partial charge in [0.1, 0.15) is 5.75 Å². The zero-order chi connectivity index (χ0) is 15.4. The number of nitrogens with zero attached hydrogens (tertiary/aromatic N) is 1. The quantitative estimate of drug-likeness (QED) is 0.842. The summed E-state index contributed by atoms with van der Waals surface area (Å²) in [6.45, 7) is 3.03. The minimum atomic E-state index is 0.0204. The second-order valence-corrected chi connectivity index (χ2v) is 6.16. The van der Waals surface area contributed by atoms with Crippen LogP contribution in [0.4, 0.5) is 0 Å². The summed E-state index contributed by atoms with van der Waals surface area (Å²) in [6, 6.07) is 5.87. The minimum absolute atomic E-state index is 0.0204. The second kappa shape index (κ2) is 7.14. The Kier molecular flexibility index (Phi) is 5.48. The number of rotatable bonds is 7. The molecule has 116 valence electrons. The summed E-state index contributed by atoms with van der Waals surface area (Å²) in [5, 5.41) is 3.57. The molecule has 5 heteroatoms. The van der Waals surface area contributed by atoms with E-state index in [-0.39, 0.29) is 5.91 Å². The van der Waals surface area contributed by atoms with Gasteiger partial charge in [-0.25, -0.2) is 0 Å². The molecule has 1 aromatic carbocycles. The Morgan fingerprint density at radius 2 is 2.24 bits per heavy atom. The largest absolute Gasteiger partial charge is 0.496 e. The smallest absolute Gasteiger partial charge is 0.234 e. The van der Waals surface area contributed by atoms with E-state index in [1.165, 1.54) is 12.8 Å². The van der Waals surface area contributed by atoms with E-state index in [1.807, 2.05) is 19.2 Å². The van der Waals surface area contributed by atoms with Crippen molar-refractivity contribution in [3.63, 3.8) is 0 Å². The molecule has 1 amide bonds. The van der Waals surface area contributed by atoms with Gasteiger partial charge in [-0.2, -0.15) is 0 Å². The van der Waals surface area contributed by atoms with E-state index in [2.05, 4.69) is 17.1 Å². The van der Waals surface area contributed by atoms with Crippen molar-refractivity contribution in [1.29, 1.82) is 0 Å². The van der Waals surface area contributed by atoms with Crippen LogP contribution < -0.4 is 10.1 Å². The van der Waals surface area contributed by atoms with Crippen molar-refractivity contribution in [2.75, 3.05) is 20.7 Å². The number of methoxy groups -OCH3 is 1. The first-order valence-electron chi connectivity index (χ1n) is 7.30. The molecule has 4 nitrogen and oxygen atoms in total. The van der Waals surface area contributed by atoms with Gasteiger partial charge in [-0.3, -0.25) is 9.69 Å². The number of halogens is 1. The Labute approximate surface area is 131 Å². The average molecular weight is 311 g/mol. The molecule has 0 bridgehead atoms. The predicted molar refractivity (Wildman–Crippen MR) is 84.7 cm³/mol. The summed E-state index contributed by atoms with van der Waals surface area (Å²) < 4.78 is 5.27. The van der Waals surface area contributed by atoms with Crippen LogP contribution in [0.3, 0.4) is 0 Å². The van der Waals surface area contributed by atoms with Gasteiger partial charge in [-0.1, -0.05) is 11.6 Å². The summed E-state index contributed by atoms with van der Waals surface area (Å²) in [6.07, 6.45) is 2.57. The highest BCUT2D eigenvalue weighted by Crippen LogP contribution is 2.34. The fraction of sp³-hybridized carbons (Fsp3) is 0.562. The number of hydrogen-bond donors (Lipinski definition) is 1. The van der Waals surface area contributed by atoms with Gasteiger partial charge >= 0.3 is 0 Å². The first kappa shape index (κ1) is 16.1. The Balaban J connectivity index is 1.84. The highest BCUT2D eigenvalue weighted by Gasteiger charge is 2.30. The summed E-state index contributed by atoms with van der Waals surface area (Å²) >= 11 is 5.98. The zero-order valence-corrected chi connectivity index (χ0v) is 13.6. The number of hydrogen-bond acceptors (Lipinski definition) is 3. The maximum atomic E-state index is 12.0.